The van der Waals surface area contributed by atoms with E-state index in [-0.39, 0.29) is 36.3 Å². The topological polar surface area (TPSA) is 55.8 Å². The SMILES string of the molecule is CN1c2ccc(-c3ccccc3)cc2[C@H]2[C@H](CCN2C(=O)Nc2ccccc2F)[C@@H]1CO. The summed E-state index contributed by atoms with van der Waals surface area (Å²) in [6.45, 7) is 0.565. The first kappa shape index (κ1) is 20.5. The van der Waals surface area contributed by atoms with Crippen LogP contribution in [0.15, 0.2) is 72.8 Å². The van der Waals surface area contributed by atoms with Crippen LogP contribution in [-0.2, 0) is 0 Å². The Kier molecular flexibility index (Phi) is 5.31. The molecule has 1 saturated heterocycles. The highest BCUT2D eigenvalue weighted by molar-refractivity contribution is 5.90. The van der Waals surface area contributed by atoms with Gasteiger partial charge in [0.2, 0.25) is 0 Å². The number of anilines is 2. The standard InChI is InChI=1S/C26H26FN3O2/c1-29-23-12-11-18(17-7-3-2-4-8-17)15-20(23)25-19(24(29)16-31)13-14-30(25)26(32)28-22-10-6-5-9-21(22)27/h2-12,15,19,24-25,31H,13-14,16H2,1H3,(H,28,32)/t19-,24+,25-/m1/s1. The van der Waals surface area contributed by atoms with Gasteiger partial charge in [-0.05, 0) is 47.4 Å². The van der Waals surface area contributed by atoms with Crippen molar-refractivity contribution < 1.29 is 14.3 Å². The predicted molar refractivity (Wildman–Crippen MR) is 124 cm³/mol. The Labute approximate surface area is 187 Å². The third-order valence-electron chi connectivity index (χ3n) is 6.83. The maximum atomic E-state index is 14.1. The van der Waals surface area contributed by atoms with E-state index in [9.17, 15) is 14.3 Å². The molecule has 2 aliphatic heterocycles. The van der Waals surface area contributed by atoms with E-state index >= 15 is 0 Å². The zero-order valence-electron chi connectivity index (χ0n) is 17.9. The fourth-order valence-electron chi connectivity index (χ4n) is 5.24. The van der Waals surface area contributed by atoms with Gasteiger partial charge in [-0.3, -0.25) is 0 Å². The van der Waals surface area contributed by atoms with Crippen LogP contribution in [0.5, 0.6) is 0 Å². The summed E-state index contributed by atoms with van der Waals surface area (Å²) in [5.74, 6) is -0.366. The van der Waals surface area contributed by atoms with Crippen molar-refractivity contribution in [2.24, 2.45) is 5.92 Å². The molecule has 0 unspecified atom stereocenters. The maximum absolute atomic E-state index is 14.1. The summed E-state index contributed by atoms with van der Waals surface area (Å²) in [4.78, 5) is 17.2. The van der Waals surface area contributed by atoms with Crippen LogP contribution in [0, 0.1) is 11.7 Å². The number of likely N-dealkylation sites (N-methyl/N-ethyl adjacent to an activating group) is 1. The lowest BCUT2D eigenvalue weighted by molar-refractivity contribution is 0.168. The number of carbonyl (C=O) groups excluding carboxylic acids is 1. The van der Waals surface area contributed by atoms with E-state index in [1.807, 2.05) is 25.2 Å². The number of carbonyl (C=O) groups is 1. The number of likely N-dealkylation sites (tertiary alicyclic amines) is 1. The van der Waals surface area contributed by atoms with E-state index in [2.05, 4.69) is 40.5 Å². The van der Waals surface area contributed by atoms with Crippen molar-refractivity contribution >= 4 is 17.4 Å². The summed E-state index contributed by atoms with van der Waals surface area (Å²) in [5, 5.41) is 12.9. The van der Waals surface area contributed by atoms with Crippen LogP contribution >= 0.6 is 0 Å². The lowest BCUT2D eigenvalue weighted by Crippen LogP contribution is -2.48. The number of halogens is 1. The van der Waals surface area contributed by atoms with Crippen LogP contribution in [-0.4, -0.2) is 42.3 Å². The number of nitrogens with one attached hydrogen (secondary N) is 1. The van der Waals surface area contributed by atoms with Gasteiger partial charge in [0, 0.05) is 25.2 Å². The largest absolute Gasteiger partial charge is 0.394 e. The van der Waals surface area contributed by atoms with Crippen molar-refractivity contribution in [3.8, 4) is 11.1 Å². The fraction of sp³-hybridized carbons (Fsp3) is 0.269. The highest BCUT2D eigenvalue weighted by Crippen LogP contribution is 2.49. The molecule has 3 atom stereocenters. The van der Waals surface area contributed by atoms with E-state index in [0.717, 1.165) is 28.8 Å². The lowest BCUT2D eigenvalue weighted by atomic mass is 9.81. The summed E-state index contributed by atoms with van der Waals surface area (Å²) in [6, 6.07) is 22.1. The fourth-order valence-corrected chi connectivity index (χ4v) is 5.24. The minimum atomic E-state index is -0.458. The number of hydrogen-bond acceptors (Lipinski definition) is 3. The molecular weight excluding hydrogens is 405 g/mol. The highest BCUT2D eigenvalue weighted by Gasteiger charge is 2.47. The highest BCUT2D eigenvalue weighted by atomic mass is 19.1. The zero-order valence-corrected chi connectivity index (χ0v) is 17.9. The third kappa shape index (κ3) is 3.41. The second-order valence-electron chi connectivity index (χ2n) is 8.50. The van der Waals surface area contributed by atoms with Crippen molar-refractivity contribution in [1.29, 1.82) is 0 Å². The molecule has 0 spiro atoms. The molecule has 2 aliphatic rings. The van der Waals surface area contributed by atoms with Crippen LogP contribution in [0.25, 0.3) is 11.1 Å². The normalized spacial score (nSPS) is 21.8. The average Bonchev–Trinajstić information content (AvgIpc) is 3.26. The van der Waals surface area contributed by atoms with Gasteiger partial charge < -0.3 is 20.2 Å². The van der Waals surface area contributed by atoms with Crippen molar-refractivity contribution in [2.45, 2.75) is 18.5 Å². The molecule has 32 heavy (non-hydrogen) atoms. The molecule has 2 amide bonds. The molecule has 0 aliphatic carbocycles. The summed E-state index contributed by atoms with van der Waals surface area (Å²) >= 11 is 0. The van der Waals surface area contributed by atoms with Crippen LogP contribution in [0.1, 0.15) is 18.0 Å². The van der Waals surface area contributed by atoms with E-state index < -0.39 is 5.82 Å². The van der Waals surface area contributed by atoms with Gasteiger partial charge >= 0.3 is 6.03 Å². The summed E-state index contributed by atoms with van der Waals surface area (Å²) in [6.07, 6.45) is 0.778. The number of aliphatic hydroxyl groups is 1. The monoisotopic (exact) mass is 431 g/mol. The molecule has 2 heterocycles. The van der Waals surface area contributed by atoms with Gasteiger partial charge in [-0.2, -0.15) is 0 Å². The van der Waals surface area contributed by atoms with Crippen molar-refractivity contribution in [3.63, 3.8) is 0 Å². The first-order chi connectivity index (χ1) is 15.6. The van der Waals surface area contributed by atoms with E-state index in [4.69, 9.17) is 0 Å². The van der Waals surface area contributed by atoms with Gasteiger partial charge in [-0.15, -0.1) is 0 Å². The molecule has 3 aromatic rings. The predicted octanol–water partition coefficient (Wildman–Crippen LogP) is 4.90. The Bertz CT molecular complexity index is 1140. The Balaban J connectivity index is 1.54. The number of rotatable bonds is 3. The van der Waals surface area contributed by atoms with Crippen molar-refractivity contribution in [3.05, 3.63) is 84.2 Å². The number of hydrogen-bond donors (Lipinski definition) is 2. The Morgan fingerprint density at radius 3 is 2.56 bits per heavy atom. The number of aliphatic hydroxyl groups excluding tert-OH is 1. The second-order valence-corrected chi connectivity index (χ2v) is 8.50. The smallest absolute Gasteiger partial charge is 0.322 e. The molecule has 3 aromatic carbocycles. The molecule has 5 nitrogen and oxygen atoms in total. The van der Waals surface area contributed by atoms with Crippen LogP contribution in [0.3, 0.4) is 0 Å². The molecule has 164 valence electrons. The average molecular weight is 432 g/mol. The minimum absolute atomic E-state index is 0.0142. The first-order valence-corrected chi connectivity index (χ1v) is 10.9. The number of benzene rings is 3. The zero-order chi connectivity index (χ0) is 22.2. The Hall–Kier alpha value is -3.38. The lowest BCUT2D eigenvalue weighted by Gasteiger charge is -2.44. The molecular formula is C26H26FN3O2. The van der Waals surface area contributed by atoms with Crippen LogP contribution < -0.4 is 10.2 Å². The van der Waals surface area contributed by atoms with E-state index in [1.165, 1.54) is 6.07 Å². The number of para-hydroxylation sites is 1. The molecule has 0 radical (unpaired) electrons. The molecule has 1 fully saturated rings. The summed E-state index contributed by atoms with van der Waals surface area (Å²) < 4.78 is 14.1. The molecule has 2 N–H and O–H groups in total. The van der Waals surface area contributed by atoms with Crippen molar-refractivity contribution in [1.82, 2.24) is 4.90 Å². The van der Waals surface area contributed by atoms with E-state index in [0.29, 0.717) is 6.54 Å². The van der Waals surface area contributed by atoms with Gasteiger partial charge in [0.15, 0.2) is 0 Å². The molecule has 0 bridgehead atoms. The van der Waals surface area contributed by atoms with Crippen molar-refractivity contribution in [2.75, 3.05) is 30.4 Å². The van der Waals surface area contributed by atoms with Gasteiger partial charge in [0.1, 0.15) is 5.82 Å². The van der Waals surface area contributed by atoms with Gasteiger partial charge in [0.25, 0.3) is 0 Å². The molecule has 0 aromatic heterocycles. The van der Waals surface area contributed by atoms with Gasteiger partial charge in [-0.25, -0.2) is 9.18 Å². The quantitative estimate of drug-likeness (QED) is 0.620. The Morgan fingerprint density at radius 1 is 1.06 bits per heavy atom. The minimum Gasteiger partial charge on any atom is -0.394 e. The van der Waals surface area contributed by atoms with Gasteiger partial charge in [-0.1, -0.05) is 48.5 Å². The summed E-state index contributed by atoms with van der Waals surface area (Å²) in [7, 11) is 2.00. The number of urea groups is 1. The third-order valence-corrected chi connectivity index (χ3v) is 6.83. The molecule has 5 rings (SSSR count). The Morgan fingerprint density at radius 2 is 1.81 bits per heavy atom. The second kappa shape index (κ2) is 8.28. The summed E-state index contributed by atoms with van der Waals surface area (Å²) in [5.41, 5.74) is 4.44. The molecule has 6 heteroatoms. The van der Waals surface area contributed by atoms with Crippen LogP contribution in [0.2, 0.25) is 0 Å². The van der Waals surface area contributed by atoms with E-state index in [1.54, 1.807) is 23.1 Å². The van der Waals surface area contributed by atoms with Gasteiger partial charge in [0.05, 0.1) is 24.4 Å². The maximum Gasteiger partial charge on any atom is 0.322 e. The number of amides is 2. The number of nitrogens with zero attached hydrogens (tertiary/aromatic N) is 2. The first-order valence-electron chi connectivity index (χ1n) is 10.9. The molecule has 0 saturated carbocycles. The number of fused-ring (bicyclic) bond motifs is 3. The van der Waals surface area contributed by atoms with Crippen LogP contribution in [0.4, 0.5) is 20.6 Å².